The van der Waals surface area contributed by atoms with Crippen LogP contribution in [0.1, 0.15) is 24.1 Å². The van der Waals surface area contributed by atoms with Crippen molar-refractivity contribution >= 4 is 30.6 Å². The molecule has 3 rings (SSSR count). The Morgan fingerprint density at radius 1 is 1.22 bits per heavy atom. The summed E-state index contributed by atoms with van der Waals surface area (Å²) in [6.07, 6.45) is 0.979. The zero-order valence-electron chi connectivity index (χ0n) is 13.8. The number of halogens is 2. The molecule has 0 spiro atoms. The predicted molar refractivity (Wildman–Crippen MR) is 98.0 cm³/mol. The molecule has 2 heterocycles. The van der Waals surface area contributed by atoms with Crippen molar-refractivity contribution in [3.63, 3.8) is 0 Å². The number of aliphatic imine (C=N–C) groups is 1. The van der Waals surface area contributed by atoms with Gasteiger partial charge < -0.3 is 14.8 Å². The molecule has 1 atom stereocenters. The number of methoxy groups -OCH3 is 2. The normalized spacial score (nSPS) is 19.6. The van der Waals surface area contributed by atoms with E-state index >= 15 is 0 Å². The van der Waals surface area contributed by atoms with Crippen molar-refractivity contribution in [2.45, 2.75) is 19.4 Å². The van der Waals surface area contributed by atoms with Gasteiger partial charge in [-0.3, -0.25) is 9.89 Å². The van der Waals surface area contributed by atoms with Crippen LogP contribution in [0.3, 0.4) is 0 Å². The standard InChI is InChI=1S/C16H23N3O2.2ClH/c1-11-16-12(13(20-2)4-5-14(16)21-3)6-9-19(11)10-15-17-7-8-18-15;;/h4-5,11H,6-10H2,1-3H3,(H,17,18);2*1H. The van der Waals surface area contributed by atoms with E-state index in [0.29, 0.717) is 6.04 Å². The lowest BCUT2D eigenvalue weighted by Gasteiger charge is -2.36. The first-order valence-electron chi connectivity index (χ1n) is 7.49. The minimum Gasteiger partial charge on any atom is -0.496 e. The number of hydrogen-bond donors (Lipinski definition) is 1. The first-order chi connectivity index (χ1) is 10.2. The molecule has 0 radical (unpaired) electrons. The van der Waals surface area contributed by atoms with E-state index < -0.39 is 0 Å². The SMILES string of the molecule is COc1ccc(OC)c2c1CCN(CC1=NCCN1)C2C.Cl.Cl. The zero-order chi connectivity index (χ0) is 14.8. The minimum absolute atomic E-state index is 0. The van der Waals surface area contributed by atoms with Gasteiger partial charge in [0.2, 0.25) is 0 Å². The summed E-state index contributed by atoms with van der Waals surface area (Å²) in [5, 5.41) is 3.35. The van der Waals surface area contributed by atoms with Gasteiger partial charge in [0.1, 0.15) is 17.3 Å². The van der Waals surface area contributed by atoms with Crippen LogP contribution in [0.4, 0.5) is 0 Å². The van der Waals surface area contributed by atoms with Gasteiger partial charge in [0.05, 0.1) is 27.3 Å². The van der Waals surface area contributed by atoms with Gasteiger partial charge in [0, 0.05) is 30.3 Å². The fraction of sp³-hybridized carbons (Fsp3) is 0.562. The molecule has 7 heteroatoms. The predicted octanol–water partition coefficient (Wildman–Crippen LogP) is 2.47. The Hall–Kier alpha value is -1.17. The van der Waals surface area contributed by atoms with Gasteiger partial charge >= 0.3 is 0 Å². The Labute approximate surface area is 150 Å². The van der Waals surface area contributed by atoms with Crippen LogP contribution in [0.25, 0.3) is 0 Å². The van der Waals surface area contributed by atoms with Crippen molar-refractivity contribution in [2.75, 3.05) is 40.4 Å². The Kier molecular flexibility index (Phi) is 7.45. The molecule has 0 aromatic heterocycles. The summed E-state index contributed by atoms with van der Waals surface area (Å²) in [5.74, 6) is 3.02. The molecule has 0 amide bonds. The maximum Gasteiger partial charge on any atom is 0.124 e. The molecule has 0 bridgehead atoms. The maximum atomic E-state index is 5.57. The highest BCUT2D eigenvalue weighted by molar-refractivity contribution is 5.86. The Morgan fingerprint density at radius 2 is 1.91 bits per heavy atom. The highest BCUT2D eigenvalue weighted by Crippen LogP contribution is 2.40. The third kappa shape index (κ3) is 3.84. The van der Waals surface area contributed by atoms with Crippen LogP contribution in [0.5, 0.6) is 11.5 Å². The van der Waals surface area contributed by atoms with Gasteiger partial charge in [-0.25, -0.2) is 0 Å². The summed E-state index contributed by atoms with van der Waals surface area (Å²) >= 11 is 0. The number of benzene rings is 1. The fourth-order valence-electron chi connectivity index (χ4n) is 3.30. The summed E-state index contributed by atoms with van der Waals surface area (Å²) in [5.41, 5.74) is 2.53. The van der Waals surface area contributed by atoms with E-state index in [0.717, 1.165) is 49.9 Å². The average molecular weight is 362 g/mol. The molecule has 0 aliphatic carbocycles. The van der Waals surface area contributed by atoms with E-state index in [2.05, 4.69) is 22.1 Å². The molecule has 0 saturated heterocycles. The fourth-order valence-corrected chi connectivity index (χ4v) is 3.30. The zero-order valence-corrected chi connectivity index (χ0v) is 15.4. The molecule has 2 aliphatic rings. The summed E-state index contributed by atoms with van der Waals surface area (Å²) in [6, 6.07) is 4.30. The highest BCUT2D eigenvalue weighted by atomic mass is 35.5. The van der Waals surface area contributed by atoms with Gasteiger partial charge in [-0.1, -0.05) is 0 Å². The first kappa shape index (κ1) is 19.9. The smallest absolute Gasteiger partial charge is 0.124 e. The molecule has 0 saturated carbocycles. The van der Waals surface area contributed by atoms with Gasteiger partial charge in [-0.05, 0) is 25.5 Å². The van der Waals surface area contributed by atoms with E-state index in [1.807, 2.05) is 12.1 Å². The van der Waals surface area contributed by atoms with E-state index in [9.17, 15) is 0 Å². The average Bonchev–Trinajstić information content (AvgIpc) is 3.02. The molecule has 23 heavy (non-hydrogen) atoms. The molecule has 5 nitrogen and oxygen atoms in total. The van der Waals surface area contributed by atoms with E-state index in [-0.39, 0.29) is 24.8 Å². The summed E-state index contributed by atoms with van der Waals surface area (Å²) in [6.45, 7) is 5.98. The molecular weight excluding hydrogens is 337 g/mol. The lowest BCUT2D eigenvalue weighted by molar-refractivity contribution is 0.218. The van der Waals surface area contributed by atoms with E-state index in [1.165, 1.54) is 11.1 Å². The van der Waals surface area contributed by atoms with E-state index in [1.54, 1.807) is 14.2 Å². The lowest BCUT2D eigenvalue weighted by Crippen LogP contribution is -2.40. The number of amidine groups is 1. The third-order valence-electron chi connectivity index (χ3n) is 4.42. The van der Waals surface area contributed by atoms with Crippen molar-refractivity contribution < 1.29 is 9.47 Å². The van der Waals surface area contributed by atoms with Crippen LogP contribution in [0.15, 0.2) is 17.1 Å². The topological polar surface area (TPSA) is 46.1 Å². The first-order valence-corrected chi connectivity index (χ1v) is 7.49. The second-order valence-corrected chi connectivity index (χ2v) is 5.51. The number of fused-ring (bicyclic) bond motifs is 1. The largest absolute Gasteiger partial charge is 0.496 e. The van der Waals surface area contributed by atoms with E-state index in [4.69, 9.17) is 9.47 Å². The summed E-state index contributed by atoms with van der Waals surface area (Å²) < 4.78 is 11.1. The van der Waals surface area contributed by atoms with Gasteiger partial charge in [0.25, 0.3) is 0 Å². The molecule has 2 aliphatic heterocycles. The second kappa shape index (κ2) is 8.62. The molecule has 1 aromatic carbocycles. The minimum atomic E-state index is 0. The molecule has 130 valence electrons. The number of ether oxygens (including phenoxy) is 2. The molecule has 1 N–H and O–H groups in total. The number of hydrogen-bond acceptors (Lipinski definition) is 5. The maximum absolute atomic E-state index is 5.57. The lowest BCUT2D eigenvalue weighted by atomic mass is 9.91. The highest BCUT2D eigenvalue weighted by Gasteiger charge is 2.30. The van der Waals surface area contributed by atoms with Crippen LogP contribution >= 0.6 is 24.8 Å². The van der Waals surface area contributed by atoms with Crippen molar-refractivity contribution in [1.29, 1.82) is 0 Å². The Bertz CT molecular complexity index is 567. The van der Waals surface area contributed by atoms with Crippen molar-refractivity contribution in [1.82, 2.24) is 10.2 Å². The monoisotopic (exact) mass is 361 g/mol. The Morgan fingerprint density at radius 3 is 2.52 bits per heavy atom. The molecule has 0 fully saturated rings. The molecule has 1 aromatic rings. The quantitative estimate of drug-likeness (QED) is 0.894. The summed E-state index contributed by atoms with van der Waals surface area (Å²) in [4.78, 5) is 6.95. The van der Waals surface area contributed by atoms with Crippen LogP contribution in [0.2, 0.25) is 0 Å². The van der Waals surface area contributed by atoms with Gasteiger partial charge in [-0.2, -0.15) is 0 Å². The number of nitrogens with one attached hydrogen (secondary N) is 1. The van der Waals surface area contributed by atoms with Gasteiger partial charge in [0.15, 0.2) is 0 Å². The number of rotatable bonds is 4. The molecular formula is C16H25Cl2N3O2. The third-order valence-corrected chi connectivity index (χ3v) is 4.42. The second-order valence-electron chi connectivity index (χ2n) is 5.51. The van der Waals surface area contributed by atoms with Crippen LogP contribution in [0, 0.1) is 0 Å². The van der Waals surface area contributed by atoms with Crippen LogP contribution in [-0.2, 0) is 6.42 Å². The van der Waals surface area contributed by atoms with Gasteiger partial charge in [-0.15, -0.1) is 24.8 Å². The van der Waals surface area contributed by atoms with Crippen molar-refractivity contribution in [3.05, 3.63) is 23.3 Å². The molecule has 1 unspecified atom stereocenters. The van der Waals surface area contributed by atoms with Crippen LogP contribution < -0.4 is 14.8 Å². The number of nitrogens with zero attached hydrogens (tertiary/aromatic N) is 2. The summed E-state index contributed by atoms with van der Waals surface area (Å²) in [7, 11) is 3.46. The van der Waals surface area contributed by atoms with Crippen molar-refractivity contribution in [3.8, 4) is 11.5 Å². The Balaban J connectivity index is 0.00000132. The van der Waals surface area contributed by atoms with Crippen molar-refractivity contribution in [2.24, 2.45) is 4.99 Å². The van der Waals surface area contributed by atoms with Crippen LogP contribution in [-0.4, -0.2) is 51.1 Å².